The van der Waals surface area contributed by atoms with Crippen LogP contribution in [0.25, 0.3) is 0 Å². The van der Waals surface area contributed by atoms with E-state index in [1.165, 1.54) is 6.92 Å². The number of fused-ring (bicyclic) bond motifs is 2. The average molecular weight is 368 g/mol. The minimum Gasteiger partial charge on any atom is -0.315 e. The van der Waals surface area contributed by atoms with Crippen molar-refractivity contribution in [1.29, 1.82) is 0 Å². The van der Waals surface area contributed by atoms with E-state index in [0.717, 1.165) is 6.42 Å². The first-order chi connectivity index (χ1) is 11.6. The molecule has 1 spiro atoms. The zero-order chi connectivity index (χ0) is 18.3. The molecule has 25 heavy (non-hydrogen) atoms. The fourth-order valence-corrected chi connectivity index (χ4v) is 5.40. The number of hydrogen-bond donors (Lipinski definition) is 1. The van der Waals surface area contributed by atoms with Crippen molar-refractivity contribution in [3.05, 3.63) is 0 Å². The summed E-state index contributed by atoms with van der Waals surface area (Å²) in [5.41, 5.74) is -1.14. The predicted molar refractivity (Wildman–Crippen MR) is 75.5 cm³/mol. The molecular formula is C16H23F3O6. The third-order valence-electron chi connectivity index (χ3n) is 6.79. The number of alkyl halides is 3. The van der Waals surface area contributed by atoms with Gasteiger partial charge in [-0.3, -0.25) is 0 Å². The Hall–Kier alpha value is -0.450. The van der Waals surface area contributed by atoms with E-state index in [4.69, 9.17) is 19.2 Å². The number of hydrogen-bond acceptors (Lipinski definition) is 6. The van der Waals surface area contributed by atoms with Gasteiger partial charge < -0.3 is 9.47 Å². The summed E-state index contributed by atoms with van der Waals surface area (Å²) < 4.78 is 52.6. The monoisotopic (exact) mass is 368 g/mol. The minimum absolute atomic E-state index is 0.0621. The van der Waals surface area contributed by atoms with Crippen LogP contribution in [0.2, 0.25) is 0 Å². The van der Waals surface area contributed by atoms with Gasteiger partial charge in [0.05, 0.1) is 0 Å². The molecule has 6 nitrogen and oxygen atoms in total. The first kappa shape index (κ1) is 17.9. The first-order valence-electron chi connectivity index (χ1n) is 8.71. The molecule has 5 rings (SSSR count). The van der Waals surface area contributed by atoms with Crippen molar-refractivity contribution in [1.82, 2.24) is 0 Å². The zero-order valence-corrected chi connectivity index (χ0v) is 14.3. The van der Waals surface area contributed by atoms with Gasteiger partial charge in [-0.15, -0.1) is 0 Å². The summed E-state index contributed by atoms with van der Waals surface area (Å²) in [7, 11) is 0. The summed E-state index contributed by atoms with van der Waals surface area (Å²) in [5, 5.41) is 9.22. The number of rotatable bonds is 1. The summed E-state index contributed by atoms with van der Waals surface area (Å²) in [5.74, 6) is -5.96. The summed E-state index contributed by atoms with van der Waals surface area (Å²) in [6.07, 6.45) is -3.84. The van der Waals surface area contributed by atoms with Crippen LogP contribution in [-0.4, -0.2) is 34.9 Å². The van der Waals surface area contributed by atoms with Gasteiger partial charge in [0.1, 0.15) is 0 Å². The standard InChI is InChI=1S/C16H23F3O6/c1-8-4-5-11-9(2)15(23-20,16(17,18)19)22-12-14(11)10(8)6-7-13(3,21-12)24-25-14/h8-12,20H,4-7H2,1-3H3/t8-,9-,10+,11+,12+,13+,14-,15-/m1/s1. The average Bonchev–Trinajstić information content (AvgIpc) is 2.76. The quantitative estimate of drug-likeness (QED) is 0.563. The molecule has 5 aliphatic rings. The van der Waals surface area contributed by atoms with Gasteiger partial charge in [0.2, 0.25) is 5.79 Å². The molecule has 8 atom stereocenters. The fourth-order valence-electron chi connectivity index (χ4n) is 5.40. The molecule has 0 aromatic carbocycles. The Bertz CT molecular complexity index is 558. The van der Waals surface area contributed by atoms with Crippen LogP contribution in [0.15, 0.2) is 0 Å². The van der Waals surface area contributed by atoms with Crippen molar-refractivity contribution in [2.24, 2.45) is 23.7 Å². The lowest BCUT2D eigenvalue weighted by molar-refractivity contribution is -0.616. The Morgan fingerprint density at radius 2 is 1.76 bits per heavy atom. The molecule has 144 valence electrons. The molecule has 5 fully saturated rings. The SMILES string of the molecule is C[C@@H]1CC[C@H]2[C@@H](C)[C@@](OO)(C(F)(F)F)O[C@@H]3O[C@]4(C)CC[C@@H]1[C@]32OO4. The van der Waals surface area contributed by atoms with Crippen molar-refractivity contribution >= 4 is 0 Å². The highest BCUT2D eigenvalue weighted by Gasteiger charge is 2.77. The van der Waals surface area contributed by atoms with Crippen LogP contribution in [0.3, 0.4) is 0 Å². The number of halogens is 3. The molecule has 0 radical (unpaired) electrons. The topological polar surface area (TPSA) is 66.4 Å². The largest absolute Gasteiger partial charge is 0.446 e. The molecular weight excluding hydrogens is 345 g/mol. The van der Waals surface area contributed by atoms with E-state index in [-0.39, 0.29) is 11.8 Å². The molecule has 4 heterocycles. The van der Waals surface area contributed by atoms with E-state index in [9.17, 15) is 18.4 Å². The Labute approximate surface area is 143 Å². The summed E-state index contributed by atoms with van der Waals surface area (Å²) >= 11 is 0. The van der Waals surface area contributed by atoms with Gasteiger partial charge >= 0.3 is 12.0 Å². The Balaban J connectivity index is 1.85. The molecule has 0 aromatic heterocycles. The van der Waals surface area contributed by atoms with Crippen molar-refractivity contribution in [2.45, 2.75) is 76.1 Å². The van der Waals surface area contributed by atoms with Crippen LogP contribution in [0.1, 0.15) is 46.5 Å². The third kappa shape index (κ3) is 2.14. The predicted octanol–water partition coefficient (Wildman–Crippen LogP) is 3.62. The van der Waals surface area contributed by atoms with Gasteiger partial charge in [-0.2, -0.15) is 18.1 Å². The lowest BCUT2D eigenvalue weighted by Gasteiger charge is -2.62. The second-order valence-electron chi connectivity index (χ2n) is 8.07. The van der Waals surface area contributed by atoms with Gasteiger partial charge in [0.15, 0.2) is 11.9 Å². The van der Waals surface area contributed by atoms with Gasteiger partial charge in [0.25, 0.3) is 0 Å². The Morgan fingerprint density at radius 1 is 1.04 bits per heavy atom. The van der Waals surface area contributed by atoms with Gasteiger partial charge in [0, 0.05) is 18.3 Å². The van der Waals surface area contributed by atoms with E-state index >= 15 is 0 Å². The summed E-state index contributed by atoms with van der Waals surface area (Å²) in [6.45, 7) is 5.05. The normalized spacial score (nSPS) is 55.6. The van der Waals surface area contributed by atoms with Crippen LogP contribution >= 0.6 is 0 Å². The van der Waals surface area contributed by atoms with Crippen LogP contribution < -0.4 is 0 Å². The maximum absolute atomic E-state index is 13.8. The van der Waals surface area contributed by atoms with Gasteiger partial charge in [-0.1, -0.05) is 13.8 Å². The highest BCUT2D eigenvalue weighted by atomic mass is 19.4. The van der Waals surface area contributed by atoms with Crippen LogP contribution in [0.5, 0.6) is 0 Å². The Kier molecular flexibility index (Phi) is 3.80. The smallest absolute Gasteiger partial charge is 0.315 e. The van der Waals surface area contributed by atoms with Crippen molar-refractivity contribution < 1.29 is 42.6 Å². The van der Waals surface area contributed by atoms with Crippen molar-refractivity contribution in [2.75, 3.05) is 0 Å². The van der Waals surface area contributed by atoms with Crippen LogP contribution in [-0.2, 0) is 24.1 Å². The summed E-state index contributed by atoms with van der Waals surface area (Å²) in [6, 6.07) is 0. The minimum atomic E-state index is -4.93. The highest BCUT2D eigenvalue weighted by molar-refractivity contribution is 5.12. The maximum atomic E-state index is 13.8. The van der Waals surface area contributed by atoms with Gasteiger partial charge in [-0.05, 0) is 38.0 Å². The van der Waals surface area contributed by atoms with E-state index in [1.807, 2.05) is 0 Å². The Morgan fingerprint density at radius 3 is 2.40 bits per heavy atom. The fraction of sp³-hybridized carbons (Fsp3) is 1.00. The van der Waals surface area contributed by atoms with Crippen LogP contribution in [0.4, 0.5) is 13.2 Å². The van der Waals surface area contributed by atoms with E-state index in [2.05, 4.69) is 11.8 Å². The lowest BCUT2D eigenvalue weighted by atomic mass is 9.57. The molecule has 0 amide bonds. The molecule has 2 bridgehead atoms. The molecule has 1 N–H and O–H groups in total. The highest BCUT2D eigenvalue weighted by Crippen LogP contribution is 2.64. The maximum Gasteiger partial charge on any atom is 0.446 e. The second kappa shape index (κ2) is 5.30. The zero-order valence-electron chi connectivity index (χ0n) is 14.3. The first-order valence-corrected chi connectivity index (χ1v) is 8.71. The second-order valence-corrected chi connectivity index (χ2v) is 8.07. The van der Waals surface area contributed by atoms with Crippen LogP contribution in [0, 0.1) is 23.7 Å². The van der Waals surface area contributed by atoms with Gasteiger partial charge in [-0.25, -0.2) is 15.0 Å². The molecule has 9 heteroatoms. The molecule has 4 saturated heterocycles. The molecule has 4 aliphatic heterocycles. The van der Waals surface area contributed by atoms with Crippen molar-refractivity contribution in [3.8, 4) is 0 Å². The van der Waals surface area contributed by atoms with E-state index in [1.54, 1.807) is 6.92 Å². The number of ether oxygens (including phenoxy) is 2. The molecule has 0 unspecified atom stereocenters. The molecule has 1 saturated carbocycles. The molecule has 0 aromatic rings. The third-order valence-corrected chi connectivity index (χ3v) is 6.79. The van der Waals surface area contributed by atoms with Crippen molar-refractivity contribution in [3.63, 3.8) is 0 Å². The summed E-state index contributed by atoms with van der Waals surface area (Å²) in [4.78, 5) is 15.3. The van der Waals surface area contributed by atoms with E-state index in [0.29, 0.717) is 19.3 Å². The van der Waals surface area contributed by atoms with E-state index < -0.39 is 41.5 Å². The lowest BCUT2D eigenvalue weighted by Crippen LogP contribution is -2.75. The molecule has 1 aliphatic carbocycles.